The van der Waals surface area contributed by atoms with Gasteiger partial charge in [0.05, 0.1) is 9.99 Å². The summed E-state index contributed by atoms with van der Waals surface area (Å²) in [7, 11) is 0. The van der Waals surface area contributed by atoms with E-state index < -0.39 is 5.97 Å². The summed E-state index contributed by atoms with van der Waals surface area (Å²) in [6.07, 6.45) is 1.51. The minimum atomic E-state index is -0.893. The van der Waals surface area contributed by atoms with Crippen LogP contribution in [0, 0.1) is 3.57 Å². The fourth-order valence-electron chi connectivity index (χ4n) is 2.33. The van der Waals surface area contributed by atoms with Crippen LogP contribution in [0.3, 0.4) is 0 Å². The number of nitrogens with zero attached hydrogens (tertiary/aromatic N) is 1. The predicted molar refractivity (Wildman–Crippen MR) is 77.1 cm³/mol. The van der Waals surface area contributed by atoms with Gasteiger partial charge < -0.3 is 15.1 Å². The number of amides is 1. The summed E-state index contributed by atoms with van der Waals surface area (Å²) in [4.78, 5) is 24.7. The zero-order chi connectivity index (χ0) is 14.0. The molecule has 0 spiro atoms. The highest BCUT2D eigenvalue weighted by molar-refractivity contribution is 14.1. The molecule has 5 nitrogen and oxygen atoms in total. The molecule has 1 fully saturated rings. The van der Waals surface area contributed by atoms with Crippen molar-refractivity contribution in [2.75, 3.05) is 6.54 Å². The van der Waals surface area contributed by atoms with Crippen molar-refractivity contribution in [1.29, 1.82) is 0 Å². The molecule has 6 heteroatoms. The third-order valence-corrected chi connectivity index (χ3v) is 4.15. The van der Waals surface area contributed by atoms with Crippen molar-refractivity contribution in [1.82, 2.24) is 4.90 Å². The minimum Gasteiger partial charge on any atom is -0.507 e. The molecule has 1 aromatic carbocycles. The summed E-state index contributed by atoms with van der Waals surface area (Å²) in [5.41, 5.74) is 0.398. The van der Waals surface area contributed by atoms with Crippen LogP contribution in [0.4, 0.5) is 0 Å². The van der Waals surface area contributed by atoms with E-state index in [9.17, 15) is 14.7 Å². The van der Waals surface area contributed by atoms with Crippen LogP contribution in [0.25, 0.3) is 0 Å². The van der Waals surface area contributed by atoms with Crippen molar-refractivity contribution in [2.45, 2.75) is 25.3 Å². The van der Waals surface area contributed by atoms with E-state index in [1.54, 1.807) is 17.0 Å². The molecular weight excluding hydrogens is 361 g/mol. The monoisotopic (exact) mass is 375 g/mol. The molecule has 0 saturated carbocycles. The van der Waals surface area contributed by atoms with Crippen LogP contribution >= 0.6 is 22.6 Å². The molecule has 102 valence electrons. The van der Waals surface area contributed by atoms with Crippen molar-refractivity contribution in [2.24, 2.45) is 0 Å². The number of halogens is 1. The molecule has 1 amide bonds. The molecule has 2 N–H and O–H groups in total. The molecule has 0 bridgehead atoms. The van der Waals surface area contributed by atoms with Gasteiger partial charge in [0, 0.05) is 18.2 Å². The number of aromatic hydroxyl groups is 1. The average molecular weight is 375 g/mol. The first kappa shape index (κ1) is 14.1. The maximum Gasteiger partial charge on any atom is 0.305 e. The molecular formula is C13H14INO4. The van der Waals surface area contributed by atoms with Crippen LogP contribution in [-0.4, -0.2) is 39.6 Å². The van der Waals surface area contributed by atoms with Crippen molar-refractivity contribution in [3.8, 4) is 5.75 Å². The summed E-state index contributed by atoms with van der Waals surface area (Å²) >= 11 is 1.98. The molecule has 2 rings (SSSR count). The zero-order valence-electron chi connectivity index (χ0n) is 10.2. The molecule has 1 heterocycles. The Morgan fingerprint density at radius 2 is 2.16 bits per heavy atom. The zero-order valence-corrected chi connectivity index (χ0v) is 12.3. The van der Waals surface area contributed by atoms with Gasteiger partial charge in [-0.25, -0.2) is 0 Å². The number of benzene rings is 1. The SMILES string of the molecule is O=C(O)CC1CCCN1C(=O)c1ccc(I)c(O)c1. The Morgan fingerprint density at radius 3 is 2.79 bits per heavy atom. The number of rotatable bonds is 3. The highest BCUT2D eigenvalue weighted by atomic mass is 127. The lowest BCUT2D eigenvalue weighted by molar-refractivity contribution is -0.137. The van der Waals surface area contributed by atoms with Crippen LogP contribution in [-0.2, 0) is 4.79 Å². The lowest BCUT2D eigenvalue weighted by atomic mass is 10.1. The molecule has 1 aliphatic heterocycles. The van der Waals surface area contributed by atoms with Gasteiger partial charge in [0.2, 0.25) is 0 Å². The number of aliphatic carboxylic acids is 1. The largest absolute Gasteiger partial charge is 0.507 e. The Labute approximate surface area is 124 Å². The van der Waals surface area contributed by atoms with E-state index in [0.29, 0.717) is 22.1 Å². The summed E-state index contributed by atoms with van der Waals surface area (Å²) in [5, 5.41) is 18.5. The van der Waals surface area contributed by atoms with Gasteiger partial charge in [-0.15, -0.1) is 0 Å². The lowest BCUT2D eigenvalue weighted by Crippen LogP contribution is -2.36. The summed E-state index contributed by atoms with van der Waals surface area (Å²) < 4.78 is 0.678. The summed E-state index contributed by atoms with van der Waals surface area (Å²) in [6, 6.07) is 4.51. The second kappa shape index (κ2) is 5.77. The quantitative estimate of drug-likeness (QED) is 0.794. The fraction of sp³-hybridized carbons (Fsp3) is 0.385. The Balaban J connectivity index is 2.18. The first-order chi connectivity index (χ1) is 8.99. The number of likely N-dealkylation sites (tertiary alicyclic amines) is 1. The Bertz CT molecular complexity index is 517. The van der Waals surface area contributed by atoms with Crippen molar-refractivity contribution >= 4 is 34.5 Å². The van der Waals surface area contributed by atoms with Crippen molar-refractivity contribution in [3.05, 3.63) is 27.3 Å². The van der Waals surface area contributed by atoms with Crippen LogP contribution < -0.4 is 0 Å². The van der Waals surface area contributed by atoms with Gasteiger partial charge in [-0.1, -0.05) is 0 Å². The highest BCUT2D eigenvalue weighted by Crippen LogP contribution is 2.25. The molecule has 0 radical (unpaired) electrons. The minimum absolute atomic E-state index is 0.0257. The van der Waals surface area contributed by atoms with E-state index in [1.807, 2.05) is 22.6 Å². The van der Waals surface area contributed by atoms with Crippen molar-refractivity contribution < 1.29 is 19.8 Å². The maximum atomic E-state index is 12.3. The summed E-state index contributed by atoms with van der Waals surface area (Å²) in [5.74, 6) is -1.04. The second-order valence-corrected chi connectivity index (χ2v) is 5.72. The molecule has 1 unspecified atom stereocenters. The molecule has 1 aliphatic rings. The van der Waals surface area contributed by atoms with Crippen LogP contribution in [0.2, 0.25) is 0 Å². The smallest absolute Gasteiger partial charge is 0.305 e. The molecule has 0 aliphatic carbocycles. The van der Waals surface area contributed by atoms with E-state index in [0.717, 1.165) is 6.42 Å². The van der Waals surface area contributed by atoms with Gasteiger partial charge in [-0.3, -0.25) is 9.59 Å². The first-order valence-corrected chi connectivity index (χ1v) is 7.08. The molecule has 0 aromatic heterocycles. The standard InChI is InChI=1S/C13H14INO4/c14-10-4-3-8(6-11(10)16)13(19)15-5-1-2-9(15)7-12(17)18/h3-4,6,9,16H,1-2,5,7H2,(H,17,18). The number of phenolic OH excluding ortho intramolecular Hbond substituents is 1. The van der Waals surface area contributed by atoms with Gasteiger partial charge >= 0.3 is 5.97 Å². The van der Waals surface area contributed by atoms with E-state index in [2.05, 4.69) is 0 Å². The number of carboxylic acid groups (broad SMARTS) is 1. The van der Waals surface area contributed by atoms with Gasteiger partial charge in [0.15, 0.2) is 0 Å². The van der Waals surface area contributed by atoms with Crippen LogP contribution in [0.5, 0.6) is 5.75 Å². The van der Waals surface area contributed by atoms with Gasteiger partial charge in [0.1, 0.15) is 5.75 Å². The average Bonchev–Trinajstić information content (AvgIpc) is 2.79. The highest BCUT2D eigenvalue weighted by Gasteiger charge is 2.31. The van der Waals surface area contributed by atoms with E-state index in [4.69, 9.17) is 5.11 Å². The second-order valence-electron chi connectivity index (χ2n) is 4.56. The number of phenols is 1. The number of carbonyl (C=O) groups is 2. The van der Waals surface area contributed by atoms with Crippen LogP contribution in [0.15, 0.2) is 18.2 Å². The molecule has 19 heavy (non-hydrogen) atoms. The maximum absolute atomic E-state index is 12.3. The number of carbonyl (C=O) groups excluding carboxylic acids is 1. The Hall–Kier alpha value is -1.31. The topological polar surface area (TPSA) is 77.8 Å². The van der Waals surface area contributed by atoms with Gasteiger partial charge in [-0.05, 0) is 53.6 Å². The van der Waals surface area contributed by atoms with Gasteiger partial charge in [-0.2, -0.15) is 0 Å². The first-order valence-electron chi connectivity index (χ1n) is 6.00. The number of hydrogen-bond acceptors (Lipinski definition) is 3. The van der Waals surface area contributed by atoms with Crippen LogP contribution in [0.1, 0.15) is 29.6 Å². The molecule has 1 aromatic rings. The fourth-order valence-corrected chi connectivity index (χ4v) is 2.66. The van der Waals surface area contributed by atoms with E-state index in [1.165, 1.54) is 6.07 Å². The summed E-state index contributed by atoms with van der Waals surface area (Å²) in [6.45, 7) is 0.573. The van der Waals surface area contributed by atoms with E-state index in [-0.39, 0.29) is 24.1 Å². The Morgan fingerprint density at radius 1 is 1.42 bits per heavy atom. The molecule has 1 saturated heterocycles. The Kier molecular flexibility index (Phi) is 4.28. The normalized spacial score (nSPS) is 18.6. The third kappa shape index (κ3) is 3.17. The van der Waals surface area contributed by atoms with E-state index >= 15 is 0 Å². The predicted octanol–water partition coefficient (Wildman–Crippen LogP) is 2.08. The van der Waals surface area contributed by atoms with Gasteiger partial charge in [0.25, 0.3) is 5.91 Å². The lowest BCUT2D eigenvalue weighted by Gasteiger charge is -2.23. The third-order valence-electron chi connectivity index (χ3n) is 3.24. The number of carboxylic acids is 1. The number of hydrogen-bond donors (Lipinski definition) is 2. The molecule has 1 atom stereocenters. The van der Waals surface area contributed by atoms with Crippen molar-refractivity contribution in [3.63, 3.8) is 0 Å².